The fourth-order valence-electron chi connectivity index (χ4n) is 4.23. The second-order valence-electron chi connectivity index (χ2n) is 8.58. The first-order chi connectivity index (χ1) is 13.3. The van der Waals surface area contributed by atoms with Crippen molar-refractivity contribution in [1.29, 1.82) is 0 Å². The zero-order chi connectivity index (χ0) is 20.3. The third-order valence-electron chi connectivity index (χ3n) is 6.36. The molecule has 0 N–H and O–H groups in total. The molecule has 2 heterocycles. The molecule has 1 aromatic rings. The number of fused-ring (bicyclic) bond motifs is 2. The van der Waals surface area contributed by atoms with E-state index in [0.717, 1.165) is 31.2 Å². The van der Waals surface area contributed by atoms with Gasteiger partial charge in [0.25, 0.3) is 5.91 Å². The summed E-state index contributed by atoms with van der Waals surface area (Å²) >= 11 is 0. The Hall–Kier alpha value is -2.24. The van der Waals surface area contributed by atoms with Crippen molar-refractivity contribution < 1.29 is 19.1 Å². The molecule has 1 aliphatic carbocycles. The summed E-state index contributed by atoms with van der Waals surface area (Å²) in [6.45, 7) is 5.78. The van der Waals surface area contributed by atoms with Gasteiger partial charge in [-0.15, -0.1) is 0 Å². The summed E-state index contributed by atoms with van der Waals surface area (Å²) in [5.74, 6) is -1.17. The number of hydrogen-bond donors (Lipinski definition) is 0. The van der Waals surface area contributed by atoms with Gasteiger partial charge < -0.3 is 9.64 Å². The zero-order valence-electron chi connectivity index (χ0n) is 17.0. The first kappa shape index (κ1) is 20.5. The third-order valence-corrected chi connectivity index (χ3v) is 6.36. The molecule has 0 radical (unpaired) electrons. The topological polar surface area (TPSA) is 76.6 Å². The van der Waals surface area contributed by atoms with Crippen molar-refractivity contribution >= 4 is 17.7 Å². The predicted octanol–water partition coefficient (Wildman–Crippen LogP) is 2.94. The number of carbonyl (C=O) groups is 3. The van der Waals surface area contributed by atoms with Gasteiger partial charge >= 0.3 is 5.97 Å². The molecule has 2 bridgehead atoms. The van der Waals surface area contributed by atoms with Gasteiger partial charge in [0.2, 0.25) is 5.78 Å². The molecule has 1 aromatic heterocycles. The summed E-state index contributed by atoms with van der Waals surface area (Å²) in [4.78, 5) is 43.9. The monoisotopic (exact) mass is 386 g/mol. The predicted molar refractivity (Wildman–Crippen MR) is 104 cm³/mol. The maximum absolute atomic E-state index is 12.9. The molecule has 0 spiro atoms. The van der Waals surface area contributed by atoms with Gasteiger partial charge in [0, 0.05) is 23.9 Å². The second kappa shape index (κ2) is 8.41. The van der Waals surface area contributed by atoms with Crippen LogP contribution in [0, 0.1) is 11.3 Å². The van der Waals surface area contributed by atoms with Crippen LogP contribution in [0.3, 0.4) is 0 Å². The van der Waals surface area contributed by atoms with Crippen molar-refractivity contribution in [3.05, 3.63) is 30.1 Å². The van der Waals surface area contributed by atoms with Gasteiger partial charge in [-0.2, -0.15) is 0 Å². The fourth-order valence-corrected chi connectivity index (χ4v) is 4.23. The van der Waals surface area contributed by atoms with E-state index < -0.39 is 23.1 Å². The van der Waals surface area contributed by atoms with E-state index >= 15 is 0 Å². The van der Waals surface area contributed by atoms with Crippen LogP contribution in [-0.4, -0.2) is 46.2 Å². The van der Waals surface area contributed by atoms with Crippen LogP contribution in [0.15, 0.2) is 24.5 Å². The smallest absolute Gasteiger partial charge is 0.329 e. The minimum atomic E-state index is -0.710. The Kier molecular flexibility index (Phi) is 6.16. The maximum Gasteiger partial charge on any atom is 0.329 e. The van der Waals surface area contributed by atoms with E-state index in [-0.39, 0.29) is 17.9 Å². The average Bonchev–Trinajstić information content (AvgIpc) is 3.32. The van der Waals surface area contributed by atoms with Gasteiger partial charge in [0.15, 0.2) is 0 Å². The largest absolute Gasteiger partial charge is 0.464 e. The van der Waals surface area contributed by atoms with Crippen molar-refractivity contribution in [2.75, 3.05) is 6.61 Å². The van der Waals surface area contributed by atoms with E-state index in [1.807, 2.05) is 19.1 Å². The van der Waals surface area contributed by atoms with Gasteiger partial charge in [-0.1, -0.05) is 20.8 Å². The van der Waals surface area contributed by atoms with Crippen molar-refractivity contribution in [2.45, 2.75) is 71.4 Å². The van der Waals surface area contributed by atoms with Crippen LogP contribution in [0.5, 0.6) is 0 Å². The lowest BCUT2D eigenvalue weighted by Gasteiger charge is -2.35. The highest BCUT2D eigenvalue weighted by atomic mass is 16.5. The molecule has 28 heavy (non-hydrogen) atoms. The van der Waals surface area contributed by atoms with Crippen LogP contribution in [0.2, 0.25) is 0 Å². The van der Waals surface area contributed by atoms with Crippen LogP contribution in [0.4, 0.5) is 0 Å². The van der Waals surface area contributed by atoms with Crippen LogP contribution >= 0.6 is 0 Å². The Bertz CT molecular complexity index is 731. The summed E-state index contributed by atoms with van der Waals surface area (Å²) in [7, 11) is 0. The SMILES string of the molecule is CCC(C)(C)C(=O)C(=O)N1C2CCC(C2)[C@@H]1C(=O)OCCCc1ccncc1. The van der Waals surface area contributed by atoms with Crippen molar-refractivity contribution in [1.82, 2.24) is 9.88 Å². The molecule has 1 amide bonds. The van der Waals surface area contributed by atoms with E-state index in [2.05, 4.69) is 4.98 Å². The molecule has 3 atom stereocenters. The standard InChI is InChI=1S/C22H30N2O4/c1-4-22(2,3)19(25)20(26)24-17-8-7-16(14-17)18(24)21(27)28-13-5-6-15-9-11-23-12-10-15/h9-12,16-18H,4-8,13-14H2,1-3H3/t16?,17?,18-/m1/s1. The Morgan fingerprint density at radius 1 is 1.21 bits per heavy atom. The number of Topliss-reactive ketones (excluding diaryl/α,β-unsaturated/α-hetero) is 1. The number of ether oxygens (including phenoxy) is 1. The first-order valence-electron chi connectivity index (χ1n) is 10.3. The van der Waals surface area contributed by atoms with Gasteiger partial charge in [0.1, 0.15) is 6.04 Å². The molecule has 1 saturated heterocycles. The maximum atomic E-state index is 12.9. The number of carbonyl (C=O) groups excluding carboxylic acids is 3. The summed E-state index contributed by atoms with van der Waals surface area (Å²) in [6.07, 6.45) is 8.17. The zero-order valence-corrected chi connectivity index (χ0v) is 17.0. The highest BCUT2D eigenvalue weighted by Gasteiger charge is 2.54. The highest BCUT2D eigenvalue weighted by molar-refractivity contribution is 6.38. The lowest BCUT2D eigenvalue weighted by atomic mass is 9.84. The van der Waals surface area contributed by atoms with Crippen molar-refractivity contribution in [3.63, 3.8) is 0 Å². The minimum Gasteiger partial charge on any atom is -0.464 e. The molecule has 2 unspecified atom stereocenters. The molecule has 3 rings (SSSR count). The minimum absolute atomic E-state index is 0.0107. The molecule has 152 valence electrons. The Balaban J connectivity index is 1.60. The number of nitrogens with zero attached hydrogens (tertiary/aromatic N) is 2. The summed E-state index contributed by atoms with van der Waals surface area (Å²) in [6, 6.07) is 3.27. The summed E-state index contributed by atoms with van der Waals surface area (Å²) in [5.41, 5.74) is 0.438. The van der Waals surface area contributed by atoms with Gasteiger partial charge in [-0.3, -0.25) is 14.6 Å². The number of aromatic nitrogens is 1. The lowest BCUT2D eigenvalue weighted by Crippen LogP contribution is -2.54. The number of likely N-dealkylation sites (tertiary alicyclic amines) is 1. The Morgan fingerprint density at radius 3 is 2.61 bits per heavy atom. The Labute approximate surface area is 166 Å². The second-order valence-corrected chi connectivity index (χ2v) is 8.58. The van der Waals surface area contributed by atoms with Gasteiger partial charge in [0.05, 0.1) is 6.61 Å². The third kappa shape index (κ3) is 4.10. The molecule has 1 aliphatic heterocycles. The molecule has 0 aromatic carbocycles. The van der Waals surface area contributed by atoms with Gasteiger partial charge in [-0.25, -0.2) is 4.79 Å². The number of ketones is 1. The van der Waals surface area contributed by atoms with Crippen LogP contribution < -0.4 is 0 Å². The molecule has 1 saturated carbocycles. The molecule has 2 aliphatic rings. The van der Waals surface area contributed by atoms with E-state index in [1.165, 1.54) is 0 Å². The molecule has 6 nitrogen and oxygen atoms in total. The normalized spacial score (nSPS) is 23.7. The molecular weight excluding hydrogens is 356 g/mol. The number of amides is 1. The highest BCUT2D eigenvalue weighted by Crippen LogP contribution is 2.43. The number of piperidine rings is 1. The fraction of sp³-hybridized carbons (Fsp3) is 0.636. The Morgan fingerprint density at radius 2 is 1.93 bits per heavy atom. The van der Waals surface area contributed by atoms with E-state index in [1.54, 1.807) is 31.1 Å². The first-order valence-corrected chi connectivity index (χ1v) is 10.3. The number of hydrogen-bond acceptors (Lipinski definition) is 5. The van der Waals surface area contributed by atoms with E-state index in [0.29, 0.717) is 19.4 Å². The number of esters is 1. The lowest BCUT2D eigenvalue weighted by molar-refractivity contribution is -0.161. The number of pyridine rings is 1. The summed E-state index contributed by atoms with van der Waals surface area (Å²) < 4.78 is 5.51. The van der Waals surface area contributed by atoms with Gasteiger partial charge in [-0.05, 0) is 62.1 Å². The van der Waals surface area contributed by atoms with E-state index in [4.69, 9.17) is 4.74 Å². The molecule has 2 fully saturated rings. The quantitative estimate of drug-likeness (QED) is 0.390. The molecule has 6 heteroatoms. The van der Waals surface area contributed by atoms with E-state index in [9.17, 15) is 14.4 Å². The van der Waals surface area contributed by atoms with Crippen LogP contribution in [0.1, 0.15) is 58.4 Å². The number of aryl methyl sites for hydroxylation is 1. The molecular formula is C22H30N2O4. The summed E-state index contributed by atoms with van der Waals surface area (Å²) in [5, 5.41) is 0. The average molecular weight is 386 g/mol. The van der Waals surface area contributed by atoms with Crippen LogP contribution in [-0.2, 0) is 25.5 Å². The number of rotatable bonds is 8. The van der Waals surface area contributed by atoms with Crippen LogP contribution in [0.25, 0.3) is 0 Å². The van der Waals surface area contributed by atoms with Crippen molar-refractivity contribution in [2.24, 2.45) is 11.3 Å². The van der Waals surface area contributed by atoms with Crippen molar-refractivity contribution in [3.8, 4) is 0 Å².